The minimum absolute atomic E-state index is 0.0597. The second kappa shape index (κ2) is 4.27. The lowest BCUT2D eigenvalue weighted by molar-refractivity contribution is 0.0360. The van der Waals surface area contributed by atoms with Gasteiger partial charge in [-0.2, -0.15) is 0 Å². The summed E-state index contributed by atoms with van der Waals surface area (Å²) in [6.45, 7) is 1.61. The molecular formula is C14H18ClNO. The quantitative estimate of drug-likeness (QED) is 0.770. The van der Waals surface area contributed by atoms with Gasteiger partial charge in [-0.05, 0) is 42.9 Å². The molecule has 1 atom stereocenters. The first-order chi connectivity index (χ1) is 8.24. The number of fused-ring (bicyclic) bond motifs is 2. The monoisotopic (exact) mass is 251 g/mol. The molecule has 17 heavy (non-hydrogen) atoms. The molecule has 1 aliphatic heterocycles. The van der Waals surface area contributed by atoms with Crippen LogP contribution in [0, 0.1) is 0 Å². The van der Waals surface area contributed by atoms with Gasteiger partial charge in [0.05, 0.1) is 0 Å². The van der Waals surface area contributed by atoms with Crippen LogP contribution in [0.15, 0.2) is 18.2 Å². The van der Waals surface area contributed by atoms with E-state index in [0.29, 0.717) is 0 Å². The van der Waals surface area contributed by atoms with Gasteiger partial charge in [0.15, 0.2) is 0 Å². The average molecular weight is 252 g/mol. The normalized spacial score (nSPS) is 26.8. The predicted molar refractivity (Wildman–Crippen MR) is 69.5 cm³/mol. The second-order valence-corrected chi connectivity index (χ2v) is 5.59. The molecule has 1 aliphatic carbocycles. The summed E-state index contributed by atoms with van der Waals surface area (Å²) in [4.78, 5) is 0. The number of halogens is 1. The highest BCUT2D eigenvalue weighted by Gasteiger charge is 2.44. The maximum absolute atomic E-state index is 6.43. The molecule has 1 saturated heterocycles. The molecule has 1 fully saturated rings. The molecule has 3 heteroatoms. The molecule has 1 heterocycles. The Morgan fingerprint density at radius 2 is 2.06 bits per heavy atom. The van der Waals surface area contributed by atoms with Crippen LogP contribution in [0.25, 0.3) is 0 Å². The molecule has 0 amide bonds. The fraction of sp³-hybridized carbons (Fsp3) is 0.571. The SMILES string of the molecule is NC1CCc2cccc(Cl)c2C12CCOCC2. The van der Waals surface area contributed by atoms with Gasteiger partial charge in [0.1, 0.15) is 0 Å². The first-order valence-corrected chi connectivity index (χ1v) is 6.73. The van der Waals surface area contributed by atoms with Crippen molar-refractivity contribution in [3.05, 3.63) is 34.3 Å². The van der Waals surface area contributed by atoms with Crippen molar-refractivity contribution in [1.82, 2.24) is 0 Å². The fourth-order valence-electron chi connectivity index (χ4n) is 3.46. The zero-order valence-corrected chi connectivity index (χ0v) is 10.7. The summed E-state index contributed by atoms with van der Waals surface area (Å²) in [6.07, 6.45) is 4.13. The summed E-state index contributed by atoms with van der Waals surface area (Å²) in [5, 5.41) is 0.888. The van der Waals surface area contributed by atoms with Crippen LogP contribution in [0.3, 0.4) is 0 Å². The molecule has 1 aromatic rings. The van der Waals surface area contributed by atoms with E-state index in [2.05, 4.69) is 6.07 Å². The van der Waals surface area contributed by atoms with E-state index in [1.54, 1.807) is 0 Å². The van der Waals surface area contributed by atoms with Gasteiger partial charge >= 0.3 is 0 Å². The zero-order chi connectivity index (χ0) is 11.9. The molecule has 1 spiro atoms. The number of hydrogen-bond donors (Lipinski definition) is 1. The Morgan fingerprint density at radius 1 is 1.29 bits per heavy atom. The van der Waals surface area contributed by atoms with Crippen molar-refractivity contribution in [3.63, 3.8) is 0 Å². The van der Waals surface area contributed by atoms with Crippen molar-refractivity contribution in [3.8, 4) is 0 Å². The van der Waals surface area contributed by atoms with Crippen LogP contribution >= 0.6 is 11.6 Å². The number of ether oxygens (including phenoxy) is 1. The van der Waals surface area contributed by atoms with Gasteiger partial charge in [0.2, 0.25) is 0 Å². The lowest BCUT2D eigenvalue weighted by atomic mass is 9.63. The number of aryl methyl sites for hydroxylation is 1. The van der Waals surface area contributed by atoms with E-state index in [1.165, 1.54) is 11.1 Å². The zero-order valence-electron chi connectivity index (χ0n) is 9.92. The smallest absolute Gasteiger partial charge is 0.0475 e. The lowest BCUT2D eigenvalue weighted by Gasteiger charge is -2.46. The summed E-state index contributed by atoms with van der Waals surface area (Å²) in [6, 6.07) is 6.46. The van der Waals surface area contributed by atoms with Crippen LogP contribution in [0.1, 0.15) is 30.4 Å². The first-order valence-electron chi connectivity index (χ1n) is 6.35. The number of nitrogens with two attached hydrogens (primary N) is 1. The molecule has 1 aromatic carbocycles. The summed E-state index contributed by atoms with van der Waals surface area (Å²) in [5.74, 6) is 0. The summed E-state index contributed by atoms with van der Waals surface area (Å²) >= 11 is 6.43. The summed E-state index contributed by atoms with van der Waals surface area (Å²) < 4.78 is 5.50. The fourth-order valence-corrected chi connectivity index (χ4v) is 3.85. The average Bonchev–Trinajstić information content (AvgIpc) is 2.35. The lowest BCUT2D eigenvalue weighted by Crippen LogP contribution is -2.52. The van der Waals surface area contributed by atoms with Crippen LogP contribution in [0.5, 0.6) is 0 Å². The molecule has 2 N–H and O–H groups in total. The number of benzene rings is 1. The van der Waals surface area contributed by atoms with E-state index in [4.69, 9.17) is 22.1 Å². The molecule has 0 bridgehead atoms. The van der Waals surface area contributed by atoms with E-state index in [-0.39, 0.29) is 11.5 Å². The van der Waals surface area contributed by atoms with Gasteiger partial charge in [-0.25, -0.2) is 0 Å². The molecule has 92 valence electrons. The van der Waals surface area contributed by atoms with E-state index in [0.717, 1.165) is 43.9 Å². The molecule has 0 radical (unpaired) electrons. The molecule has 0 aromatic heterocycles. The molecular weight excluding hydrogens is 234 g/mol. The third-order valence-corrected chi connectivity index (χ3v) is 4.73. The van der Waals surface area contributed by atoms with Gasteiger partial charge in [0.25, 0.3) is 0 Å². The Kier molecular flexibility index (Phi) is 2.89. The van der Waals surface area contributed by atoms with Crippen molar-refractivity contribution < 1.29 is 4.74 Å². The number of rotatable bonds is 0. The summed E-state index contributed by atoms with van der Waals surface area (Å²) in [7, 11) is 0. The maximum atomic E-state index is 6.43. The van der Waals surface area contributed by atoms with Crippen LogP contribution < -0.4 is 5.73 Å². The minimum Gasteiger partial charge on any atom is -0.381 e. The van der Waals surface area contributed by atoms with E-state index in [9.17, 15) is 0 Å². The van der Waals surface area contributed by atoms with Crippen LogP contribution in [-0.4, -0.2) is 19.3 Å². The van der Waals surface area contributed by atoms with Crippen molar-refractivity contribution in [2.24, 2.45) is 5.73 Å². The molecule has 3 rings (SSSR count). The van der Waals surface area contributed by atoms with Crippen molar-refractivity contribution >= 4 is 11.6 Å². The predicted octanol–water partition coefficient (Wildman–Crippen LogP) is 2.66. The van der Waals surface area contributed by atoms with Crippen molar-refractivity contribution in [2.45, 2.75) is 37.1 Å². The molecule has 2 aliphatic rings. The van der Waals surface area contributed by atoms with Crippen LogP contribution in [0.4, 0.5) is 0 Å². The molecule has 2 nitrogen and oxygen atoms in total. The third-order valence-electron chi connectivity index (χ3n) is 4.42. The van der Waals surface area contributed by atoms with Crippen LogP contribution in [-0.2, 0) is 16.6 Å². The van der Waals surface area contributed by atoms with Crippen molar-refractivity contribution in [1.29, 1.82) is 0 Å². The van der Waals surface area contributed by atoms with Gasteiger partial charge in [0, 0.05) is 29.7 Å². The summed E-state index contributed by atoms with van der Waals surface area (Å²) in [5.41, 5.74) is 9.17. The van der Waals surface area contributed by atoms with E-state index < -0.39 is 0 Å². The highest BCUT2D eigenvalue weighted by molar-refractivity contribution is 6.31. The topological polar surface area (TPSA) is 35.2 Å². The Morgan fingerprint density at radius 3 is 2.82 bits per heavy atom. The van der Waals surface area contributed by atoms with Gasteiger partial charge in [-0.15, -0.1) is 0 Å². The Bertz CT molecular complexity index is 426. The number of hydrogen-bond acceptors (Lipinski definition) is 2. The van der Waals surface area contributed by atoms with E-state index in [1.807, 2.05) is 12.1 Å². The second-order valence-electron chi connectivity index (χ2n) is 5.19. The van der Waals surface area contributed by atoms with Crippen molar-refractivity contribution in [2.75, 3.05) is 13.2 Å². The maximum Gasteiger partial charge on any atom is 0.0475 e. The molecule has 1 unspecified atom stereocenters. The highest BCUT2D eigenvalue weighted by Crippen LogP contribution is 2.46. The standard InChI is InChI=1S/C14H18ClNO/c15-11-3-1-2-10-4-5-12(16)14(13(10)11)6-8-17-9-7-14/h1-3,12H,4-9,16H2. The Balaban J connectivity index is 2.15. The molecule has 0 saturated carbocycles. The van der Waals surface area contributed by atoms with Gasteiger partial charge in [-0.1, -0.05) is 23.7 Å². The Hall–Kier alpha value is -0.570. The largest absolute Gasteiger partial charge is 0.381 e. The Labute approximate surface area is 107 Å². The van der Waals surface area contributed by atoms with E-state index >= 15 is 0 Å². The minimum atomic E-state index is 0.0597. The highest BCUT2D eigenvalue weighted by atomic mass is 35.5. The third kappa shape index (κ3) is 1.70. The first kappa shape index (κ1) is 11.5. The van der Waals surface area contributed by atoms with Crippen LogP contribution in [0.2, 0.25) is 5.02 Å². The van der Waals surface area contributed by atoms with Gasteiger partial charge < -0.3 is 10.5 Å². The van der Waals surface area contributed by atoms with Gasteiger partial charge in [-0.3, -0.25) is 0 Å².